The molecule has 2 aliphatic rings. The fourth-order valence-electron chi connectivity index (χ4n) is 3.25. The number of carbonyl (C=O) groups excluding carboxylic acids is 1. The van der Waals surface area contributed by atoms with Crippen molar-refractivity contribution in [1.29, 1.82) is 0 Å². The predicted octanol–water partition coefficient (Wildman–Crippen LogP) is 1.99. The largest absolute Gasteiger partial charge is 0.422 e. The van der Waals surface area contributed by atoms with Crippen LogP contribution < -0.4 is 5.32 Å². The number of hydrogen-bond acceptors (Lipinski definition) is 6. The highest BCUT2D eigenvalue weighted by atomic mass is 16.4. The summed E-state index contributed by atoms with van der Waals surface area (Å²) in [5.74, 6) is 2.40. The summed E-state index contributed by atoms with van der Waals surface area (Å²) in [6.45, 7) is 4.33. The van der Waals surface area contributed by atoms with E-state index < -0.39 is 0 Å². The van der Waals surface area contributed by atoms with E-state index in [0.29, 0.717) is 40.7 Å². The van der Waals surface area contributed by atoms with Crippen molar-refractivity contribution in [3.63, 3.8) is 0 Å². The Bertz CT molecular complexity index is 724. The SMILES string of the molecule is Cc1nc2c(NCC3CCCN(C(=O)C4CC4)C3)ncnc2o1. The van der Waals surface area contributed by atoms with Crippen molar-refractivity contribution < 1.29 is 9.21 Å². The van der Waals surface area contributed by atoms with Crippen molar-refractivity contribution in [1.82, 2.24) is 19.9 Å². The molecule has 23 heavy (non-hydrogen) atoms. The van der Waals surface area contributed by atoms with Gasteiger partial charge in [0.05, 0.1) is 0 Å². The maximum absolute atomic E-state index is 12.2. The van der Waals surface area contributed by atoms with E-state index in [2.05, 4.69) is 20.3 Å². The van der Waals surface area contributed by atoms with Gasteiger partial charge in [-0.3, -0.25) is 4.79 Å². The first-order chi connectivity index (χ1) is 11.2. The van der Waals surface area contributed by atoms with E-state index in [1.165, 1.54) is 6.33 Å². The summed E-state index contributed by atoms with van der Waals surface area (Å²) in [5.41, 5.74) is 1.18. The van der Waals surface area contributed by atoms with Gasteiger partial charge in [0, 0.05) is 32.5 Å². The van der Waals surface area contributed by atoms with Gasteiger partial charge in [0.15, 0.2) is 17.2 Å². The molecule has 1 N–H and O–H groups in total. The monoisotopic (exact) mass is 315 g/mol. The Morgan fingerprint density at radius 2 is 2.26 bits per heavy atom. The lowest BCUT2D eigenvalue weighted by molar-refractivity contribution is -0.134. The number of hydrogen-bond donors (Lipinski definition) is 1. The van der Waals surface area contributed by atoms with Crippen LogP contribution in [0.1, 0.15) is 31.6 Å². The molecule has 0 bridgehead atoms. The highest BCUT2D eigenvalue weighted by Crippen LogP contribution is 2.32. The fraction of sp³-hybridized carbons (Fsp3) is 0.625. The molecule has 7 heteroatoms. The molecule has 1 saturated carbocycles. The molecule has 1 unspecified atom stereocenters. The molecule has 1 amide bonds. The summed E-state index contributed by atoms with van der Waals surface area (Å²) < 4.78 is 5.43. The van der Waals surface area contributed by atoms with Crippen molar-refractivity contribution in [3.8, 4) is 0 Å². The van der Waals surface area contributed by atoms with E-state index in [1.54, 1.807) is 6.92 Å². The van der Waals surface area contributed by atoms with Crippen LogP contribution in [0.4, 0.5) is 5.82 Å². The van der Waals surface area contributed by atoms with Crippen molar-refractivity contribution in [2.75, 3.05) is 25.0 Å². The number of oxazole rings is 1. The van der Waals surface area contributed by atoms with Gasteiger partial charge in [0.25, 0.3) is 5.71 Å². The second-order valence-corrected chi connectivity index (χ2v) is 6.56. The maximum Gasteiger partial charge on any atom is 0.252 e. The van der Waals surface area contributed by atoms with E-state index in [-0.39, 0.29) is 0 Å². The number of carbonyl (C=O) groups is 1. The summed E-state index contributed by atoms with van der Waals surface area (Å²) in [7, 11) is 0. The number of aryl methyl sites for hydroxylation is 1. The number of nitrogens with one attached hydrogen (secondary N) is 1. The van der Waals surface area contributed by atoms with E-state index in [9.17, 15) is 4.79 Å². The van der Waals surface area contributed by atoms with Gasteiger partial charge in [-0.05, 0) is 31.6 Å². The minimum atomic E-state index is 0.307. The molecule has 0 aromatic carbocycles. The minimum absolute atomic E-state index is 0.307. The molecule has 0 spiro atoms. The number of anilines is 1. The number of likely N-dealkylation sites (tertiary alicyclic amines) is 1. The van der Waals surface area contributed by atoms with Gasteiger partial charge >= 0.3 is 0 Å². The van der Waals surface area contributed by atoms with Crippen molar-refractivity contribution in [2.24, 2.45) is 11.8 Å². The third kappa shape index (κ3) is 3.00. The van der Waals surface area contributed by atoms with Crippen LogP contribution in [0.15, 0.2) is 10.7 Å². The van der Waals surface area contributed by atoms with Crippen LogP contribution in [-0.2, 0) is 4.79 Å². The number of amides is 1. The first-order valence-corrected chi connectivity index (χ1v) is 8.31. The van der Waals surface area contributed by atoms with Gasteiger partial charge in [-0.2, -0.15) is 4.98 Å². The summed E-state index contributed by atoms with van der Waals surface area (Å²) in [6, 6.07) is 0. The molecule has 1 aliphatic carbocycles. The fourth-order valence-corrected chi connectivity index (χ4v) is 3.25. The Labute approximate surface area is 134 Å². The quantitative estimate of drug-likeness (QED) is 0.929. The first kappa shape index (κ1) is 14.4. The van der Waals surface area contributed by atoms with Crippen molar-refractivity contribution in [2.45, 2.75) is 32.6 Å². The second-order valence-electron chi connectivity index (χ2n) is 6.56. The molecule has 122 valence electrons. The van der Waals surface area contributed by atoms with Crippen LogP contribution in [0.2, 0.25) is 0 Å². The first-order valence-electron chi connectivity index (χ1n) is 8.31. The van der Waals surface area contributed by atoms with Crippen molar-refractivity contribution in [3.05, 3.63) is 12.2 Å². The van der Waals surface area contributed by atoms with Crippen LogP contribution in [-0.4, -0.2) is 45.4 Å². The van der Waals surface area contributed by atoms with Crippen LogP contribution in [0, 0.1) is 18.8 Å². The Hall–Kier alpha value is -2.18. The molecule has 7 nitrogen and oxygen atoms in total. The van der Waals surface area contributed by atoms with Gasteiger partial charge in [0.1, 0.15) is 6.33 Å². The summed E-state index contributed by atoms with van der Waals surface area (Å²) in [6.07, 6.45) is 5.84. The van der Waals surface area contributed by atoms with Crippen LogP contribution in [0.3, 0.4) is 0 Å². The molecule has 1 saturated heterocycles. The Morgan fingerprint density at radius 1 is 1.39 bits per heavy atom. The normalized spacial score (nSPS) is 21.6. The number of piperidine rings is 1. The lowest BCUT2D eigenvalue weighted by Crippen LogP contribution is -2.42. The van der Waals surface area contributed by atoms with E-state index in [1.807, 2.05) is 4.90 Å². The minimum Gasteiger partial charge on any atom is -0.422 e. The Balaban J connectivity index is 1.40. The smallest absolute Gasteiger partial charge is 0.252 e. The van der Waals surface area contributed by atoms with Crippen molar-refractivity contribution >= 4 is 23.0 Å². The zero-order chi connectivity index (χ0) is 15.8. The second kappa shape index (κ2) is 5.79. The number of rotatable bonds is 4. The third-order valence-electron chi connectivity index (χ3n) is 4.62. The molecular weight excluding hydrogens is 294 g/mol. The molecule has 1 atom stereocenters. The summed E-state index contributed by atoms with van der Waals surface area (Å²) >= 11 is 0. The third-order valence-corrected chi connectivity index (χ3v) is 4.62. The zero-order valence-electron chi connectivity index (χ0n) is 13.3. The molecular formula is C16H21N5O2. The molecule has 1 aliphatic heterocycles. The van der Waals surface area contributed by atoms with E-state index in [4.69, 9.17) is 4.42 Å². The van der Waals surface area contributed by atoms with Gasteiger partial charge in [-0.1, -0.05) is 0 Å². The number of aromatic nitrogens is 3. The van der Waals surface area contributed by atoms with Gasteiger partial charge in [0.2, 0.25) is 5.91 Å². The average molecular weight is 315 g/mol. The average Bonchev–Trinajstić information content (AvgIpc) is 3.33. The molecule has 4 rings (SSSR count). The molecule has 3 heterocycles. The zero-order valence-corrected chi connectivity index (χ0v) is 13.3. The van der Waals surface area contributed by atoms with Crippen LogP contribution in [0.5, 0.6) is 0 Å². The van der Waals surface area contributed by atoms with E-state index >= 15 is 0 Å². The lowest BCUT2D eigenvalue weighted by atomic mass is 9.97. The van der Waals surface area contributed by atoms with E-state index in [0.717, 1.165) is 45.3 Å². The molecule has 2 aromatic heterocycles. The molecule has 2 aromatic rings. The van der Waals surface area contributed by atoms with Gasteiger partial charge in [-0.25, -0.2) is 9.97 Å². The maximum atomic E-state index is 12.2. The highest BCUT2D eigenvalue weighted by Gasteiger charge is 2.35. The van der Waals surface area contributed by atoms with Crippen LogP contribution in [0.25, 0.3) is 11.2 Å². The summed E-state index contributed by atoms with van der Waals surface area (Å²) in [4.78, 5) is 27.0. The molecule has 0 radical (unpaired) electrons. The van der Waals surface area contributed by atoms with Crippen LogP contribution >= 0.6 is 0 Å². The predicted molar refractivity (Wildman–Crippen MR) is 84.9 cm³/mol. The highest BCUT2D eigenvalue weighted by molar-refractivity contribution is 5.81. The summed E-state index contributed by atoms with van der Waals surface area (Å²) in [5, 5.41) is 3.36. The lowest BCUT2D eigenvalue weighted by Gasteiger charge is -2.33. The topological polar surface area (TPSA) is 84.2 Å². The molecule has 2 fully saturated rings. The standard InChI is InChI=1S/C16H21N5O2/c1-10-20-13-14(18-9-19-15(13)23-10)17-7-11-3-2-6-21(8-11)16(22)12-4-5-12/h9,11-12H,2-8H2,1H3,(H,17,18,19). The van der Waals surface area contributed by atoms with Gasteiger partial charge < -0.3 is 14.6 Å². The Kier molecular flexibility index (Phi) is 3.63. The van der Waals surface area contributed by atoms with Gasteiger partial charge in [-0.15, -0.1) is 0 Å². The number of fused-ring (bicyclic) bond motifs is 1. The number of nitrogens with zero attached hydrogens (tertiary/aromatic N) is 4. The Morgan fingerprint density at radius 3 is 3.09 bits per heavy atom.